The van der Waals surface area contributed by atoms with Gasteiger partial charge >= 0.3 is 0 Å². The molecular weight excluding hydrogens is 328 g/mol. The zero-order valence-electron chi connectivity index (χ0n) is 15.1. The minimum atomic E-state index is 0.146. The van der Waals surface area contributed by atoms with Crippen LogP contribution in [0.3, 0.4) is 0 Å². The van der Waals surface area contributed by atoms with Gasteiger partial charge in [-0.15, -0.1) is 0 Å². The van der Waals surface area contributed by atoms with Gasteiger partial charge in [-0.3, -0.25) is 4.79 Å². The van der Waals surface area contributed by atoms with Crippen molar-refractivity contribution in [2.45, 2.75) is 12.8 Å². The van der Waals surface area contributed by atoms with E-state index in [9.17, 15) is 4.79 Å². The number of rotatable bonds is 4. The SMILES string of the molecule is COc1ccc(CC(=O)N2CCc3ccc(N4CCOCC4)cc32)cc1. The van der Waals surface area contributed by atoms with Crippen LogP contribution in [0.15, 0.2) is 42.5 Å². The van der Waals surface area contributed by atoms with E-state index in [1.54, 1.807) is 7.11 Å². The standard InChI is InChI=1S/C21H24N2O3/c1-25-19-6-2-16(3-7-19)14-21(24)23-9-8-17-4-5-18(15-20(17)23)22-10-12-26-13-11-22/h2-7,15H,8-14H2,1H3. The summed E-state index contributed by atoms with van der Waals surface area (Å²) in [6, 6.07) is 14.2. The van der Waals surface area contributed by atoms with E-state index in [-0.39, 0.29) is 5.91 Å². The summed E-state index contributed by atoms with van der Waals surface area (Å²) in [5.74, 6) is 0.955. The number of methoxy groups -OCH3 is 1. The average molecular weight is 352 g/mol. The second-order valence-corrected chi connectivity index (χ2v) is 6.73. The van der Waals surface area contributed by atoms with Gasteiger partial charge in [0.2, 0.25) is 5.91 Å². The molecule has 0 aromatic heterocycles. The summed E-state index contributed by atoms with van der Waals surface area (Å²) in [5.41, 5.74) is 4.50. The number of morpholine rings is 1. The first-order chi connectivity index (χ1) is 12.7. The molecule has 0 spiro atoms. The molecule has 0 bridgehead atoms. The summed E-state index contributed by atoms with van der Waals surface area (Å²) < 4.78 is 10.6. The van der Waals surface area contributed by atoms with Crippen molar-refractivity contribution in [2.75, 3.05) is 49.8 Å². The van der Waals surface area contributed by atoms with E-state index in [0.717, 1.165) is 56.3 Å². The third-order valence-electron chi connectivity index (χ3n) is 5.16. The van der Waals surface area contributed by atoms with Gasteiger partial charge in [0.05, 0.1) is 26.7 Å². The molecule has 2 aliphatic rings. The topological polar surface area (TPSA) is 42.0 Å². The smallest absolute Gasteiger partial charge is 0.231 e. The van der Waals surface area contributed by atoms with E-state index in [1.165, 1.54) is 11.3 Å². The van der Waals surface area contributed by atoms with Crippen LogP contribution >= 0.6 is 0 Å². The monoisotopic (exact) mass is 352 g/mol. The number of carbonyl (C=O) groups excluding carboxylic acids is 1. The zero-order valence-corrected chi connectivity index (χ0v) is 15.1. The lowest BCUT2D eigenvalue weighted by Gasteiger charge is -2.29. The van der Waals surface area contributed by atoms with Crippen LogP contribution in [0.1, 0.15) is 11.1 Å². The Morgan fingerprint density at radius 2 is 1.85 bits per heavy atom. The molecule has 2 aromatic rings. The molecule has 1 saturated heterocycles. The van der Waals surface area contributed by atoms with E-state index in [2.05, 4.69) is 23.1 Å². The van der Waals surface area contributed by atoms with Gasteiger partial charge in [0, 0.05) is 31.0 Å². The minimum Gasteiger partial charge on any atom is -0.497 e. The Kier molecular flexibility index (Phi) is 4.80. The van der Waals surface area contributed by atoms with Crippen molar-refractivity contribution in [1.82, 2.24) is 0 Å². The Hall–Kier alpha value is -2.53. The van der Waals surface area contributed by atoms with E-state index in [0.29, 0.717) is 6.42 Å². The average Bonchev–Trinajstić information content (AvgIpc) is 3.12. The molecule has 1 fully saturated rings. The zero-order chi connectivity index (χ0) is 17.9. The lowest BCUT2D eigenvalue weighted by atomic mass is 10.1. The van der Waals surface area contributed by atoms with Crippen LogP contribution in [0, 0.1) is 0 Å². The molecule has 4 rings (SSSR count). The lowest BCUT2D eigenvalue weighted by molar-refractivity contribution is -0.117. The van der Waals surface area contributed by atoms with E-state index in [4.69, 9.17) is 9.47 Å². The highest BCUT2D eigenvalue weighted by atomic mass is 16.5. The first-order valence-corrected chi connectivity index (χ1v) is 9.13. The number of ether oxygens (including phenoxy) is 2. The van der Waals surface area contributed by atoms with Gasteiger partial charge in [-0.05, 0) is 41.8 Å². The molecule has 5 heteroatoms. The van der Waals surface area contributed by atoms with E-state index in [1.807, 2.05) is 29.2 Å². The van der Waals surface area contributed by atoms with E-state index < -0.39 is 0 Å². The molecule has 0 aliphatic carbocycles. The molecule has 136 valence electrons. The molecule has 5 nitrogen and oxygen atoms in total. The molecule has 0 saturated carbocycles. The highest BCUT2D eigenvalue weighted by Crippen LogP contribution is 2.33. The van der Waals surface area contributed by atoms with Crippen LogP contribution < -0.4 is 14.5 Å². The van der Waals surface area contributed by atoms with Crippen molar-refractivity contribution in [1.29, 1.82) is 0 Å². The maximum atomic E-state index is 12.9. The highest BCUT2D eigenvalue weighted by molar-refractivity contribution is 5.97. The van der Waals surface area contributed by atoms with Crippen molar-refractivity contribution >= 4 is 17.3 Å². The predicted molar refractivity (Wildman–Crippen MR) is 102 cm³/mol. The van der Waals surface area contributed by atoms with E-state index >= 15 is 0 Å². The van der Waals surface area contributed by atoms with Crippen molar-refractivity contribution in [3.63, 3.8) is 0 Å². The number of anilines is 2. The van der Waals surface area contributed by atoms with Crippen LogP contribution in [0.2, 0.25) is 0 Å². The Labute approximate surface area is 154 Å². The highest BCUT2D eigenvalue weighted by Gasteiger charge is 2.26. The second kappa shape index (κ2) is 7.38. The van der Waals surface area contributed by atoms with Gasteiger partial charge in [0.1, 0.15) is 5.75 Å². The second-order valence-electron chi connectivity index (χ2n) is 6.73. The molecule has 2 heterocycles. The van der Waals surface area contributed by atoms with Crippen LogP contribution in [0.5, 0.6) is 5.75 Å². The summed E-state index contributed by atoms with van der Waals surface area (Å²) in [4.78, 5) is 17.1. The fourth-order valence-corrected chi connectivity index (χ4v) is 3.66. The Morgan fingerprint density at radius 3 is 2.58 bits per heavy atom. The van der Waals surface area contributed by atoms with Crippen molar-refractivity contribution in [2.24, 2.45) is 0 Å². The van der Waals surface area contributed by atoms with Crippen molar-refractivity contribution < 1.29 is 14.3 Å². The number of amides is 1. The van der Waals surface area contributed by atoms with Gasteiger partial charge in [0.15, 0.2) is 0 Å². The lowest BCUT2D eigenvalue weighted by Crippen LogP contribution is -2.36. The fourth-order valence-electron chi connectivity index (χ4n) is 3.66. The molecule has 2 aliphatic heterocycles. The maximum absolute atomic E-state index is 12.9. The largest absolute Gasteiger partial charge is 0.497 e. The summed E-state index contributed by atoms with van der Waals surface area (Å²) in [5, 5.41) is 0. The van der Waals surface area contributed by atoms with Crippen LogP contribution in [0.25, 0.3) is 0 Å². The van der Waals surface area contributed by atoms with Gasteiger partial charge in [0.25, 0.3) is 0 Å². The quantitative estimate of drug-likeness (QED) is 0.848. The van der Waals surface area contributed by atoms with Crippen LogP contribution in [0.4, 0.5) is 11.4 Å². The fraction of sp³-hybridized carbons (Fsp3) is 0.381. The predicted octanol–water partition coefficient (Wildman–Crippen LogP) is 2.66. The van der Waals surface area contributed by atoms with Gasteiger partial charge in [-0.25, -0.2) is 0 Å². The number of hydrogen-bond donors (Lipinski definition) is 0. The molecule has 0 radical (unpaired) electrons. The number of benzene rings is 2. The first kappa shape index (κ1) is 16.9. The third kappa shape index (κ3) is 3.40. The summed E-state index contributed by atoms with van der Waals surface area (Å²) >= 11 is 0. The molecule has 0 N–H and O–H groups in total. The van der Waals surface area contributed by atoms with Gasteiger partial charge < -0.3 is 19.3 Å². The van der Waals surface area contributed by atoms with Crippen LogP contribution in [-0.2, 0) is 22.4 Å². The van der Waals surface area contributed by atoms with Crippen molar-refractivity contribution in [3.05, 3.63) is 53.6 Å². The summed E-state index contributed by atoms with van der Waals surface area (Å²) in [6.07, 6.45) is 1.33. The number of hydrogen-bond acceptors (Lipinski definition) is 4. The molecule has 0 atom stereocenters. The number of carbonyl (C=O) groups is 1. The molecule has 26 heavy (non-hydrogen) atoms. The first-order valence-electron chi connectivity index (χ1n) is 9.13. The number of nitrogens with zero attached hydrogens (tertiary/aromatic N) is 2. The summed E-state index contributed by atoms with van der Waals surface area (Å²) in [7, 11) is 1.65. The van der Waals surface area contributed by atoms with Crippen molar-refractivity contribution in [3.8, 4) is 5.75 Å². The third-order valence-corrected chi connectivity index (χ3v) is 5.16. The van der Waals surface area contributed by atoms with Gasteiger partial charge in [-0.1, -0.05) is 18.2 Å². The molecule has 2 aromatic carbocycles. The molecule has 0 unspecified atom stereocenters. The molecular formula is C21H24N2O3. The van der Waals surface area contributed by atoms with Crippen LogP contribution in [-0.4, -0.2) is 45.9 Å². The normalized spacial score (nSPS) is 16.5. The molecule has 1 amide bonds. The Balaban J connectivity index is 1.51. The van der Waals surface area contributed by atoms with Gasteiger partial charge in [-0.2, -0.15) is 0 Å². The number of fused-ring (bicyclic) bond motifs is 1. The Bertz CT molecular complexity index is 782. The minimum absolute atomic E-state index is 0.146. The summed E-state index contributed by atoms with van der Waals surface area (Å²) in [6.45, 7) is 4.09. The maximum Gasteiger partial charge on any atom is 0.231 e. The Morgan fingerprint density at radius 1 is 1.08 bits per heavy atom.